The van der Waals surface area contributed by atoms with Crippen LogP contribution in [0.15, 0.2) is 24.5 Å². The number of hydrogen-bond acceptors (Lipinski definition) is 6. The van der Waals surface area contributed by atoms with Gasteiger partial charge >= 0.3 is 0 Å². The van der Waals surface area contributed by atoms with Crippen molar-refractivity contribution in [3.8, 4) is 17.2 Å². The second-order valence-corrected chi connectivity index (χ2v) is 10.2. The Kier molecular flexibility index (Phi) is 5.56. The third kappa shape index (κ3) is 3.68. The summed E-state index contributed by atoms with van der Waals surface area (Å²) in [7, 11) is 1.89. The van der Waals surface area contributed by atoms with E-state index in [4.69, 9.17) is 9.84 Å². The number of carbonyl (C=O) groups is 1. The SMILES string of the molecule is CC(=O)N1CCc2c(c(N3CC[C@H](C)c4cc(-c5cnn(C)c5)c(C#N)cc43)nn2[C@H]2CCOC2)C1. The zero-order valence-corrected chi connectivity index (χ0v) is 21.1. The van der Waals surface area contributed by atoms with E-state index >= 15 is 0 Å². The van der Waals surface area contributed by atoms with E-state index in [0.29, 0.717) is 31.2 Å². The van der Waals surface area contributed by atoms with E-state index in [2.05, 4.69) is 33.7 Å². The summed E-state index contributed by atoms with van der Waals surface area (Å²) in [5.74, 6) is 1.35. The molecule has 1 fully saturated rings. The van der Waals surface area contributed by atoms with Gasteiger partial charge in [-0.2, -0.15) is 15.5 Å². The van der Waals surface area contributed by atoms with Gasteiger partial charge in [0.15, 0.2) is 5.82 Å². The molecule has 9 heteroatoms. The number of aryl methyl sites for hydroxylation is 1. The Bertz CT molecular complexity index is 1380. The number of aromatic nitrogens is 4. The molecule has 186 valence electrons. The topological polar surface area (TPSA) is 92.2 Å². The second kappa shape index (κ2) is 8.79. The van der Waals surface area contributed by atoms with Crippen molar-refractivity contribution in [1.29, 1.82) is 5.26 Å². The predicted molar refractivity (Wildman–Crippen MR) is 135 cm³/mol. The molecular formula is C27H31N7O2. The van der Waals surface area contributed by atoms with Crippen molar-refractivity contribution in [3.63, 3.8) is 0 Å². The van der Waals surface area contributed by atoms with Crippen molar-refractivity contribution < 1.29 is 9.53 Å². The lowest BCUT2D eigenvalue weighted by Crippen LogP contribution is -2.36. The molecule has 3 aliphatic rings. The minimum Gasteiger partial charge on any atom is -0.379 e. The van der Waals surface area contributed by atoms with E-state index < -0.39 is 0 Å². The van der Waals surface area contributed by atoms with Gasteiger partial charge in [-0.05, 0) is 36.5 Å². The largest absolute Gasteiger partial charge is 0.379 e. The molecule has 3 aromatic rings. The van der Waals surface area contributed by atoms with Crippen molar-refractivity contribution in [3.05, 3.63) is 46.9 Å². The van der Waals surface area contributed by atoms with E-state index in [1.165, 1.54) is 11.3 Å². The van der Waals surface area contributed by atoms with Crippen LogP contribution >= 0.6 is 0 Å². The molecule has 3 aliphatic heterocycles. The summed E-state index contributed by atoms with van der Waals surface area (Å²) in [4.78, 5) is 16.5. The summed E-state index contributed by atoms with van der Waals surface area (Å²) >= 11 is 0. The van der Waals surface area contributed by atoms with Gasteiger partial charge in [0.1, 0.15) is 0 Å². The minimum absolute atomic E-state index is 0.0871. The predicted octanol–water partition coefficient (Wildman–Crippen LogP) is 3.67. The maximum atomic E-state index is 12.3. The Morgan fingerprint density at radius 1 is 1.25 bits per heavy atom. The number of rotatable bonds is 3. The summed E-state index contributed by atoms with van der Waals surface area (Å²) in [6.07, 6.45) is 6.48. The third-order valence-electron chi connectivity index (χ3n) is 7.93. The monoisotopic (exact) mass is 485 g/mol. The van der Waals surface area contributed by atoms with Gasteiger partial charge in [0.05, 0.1) is 37.0 Å². The molecule has 5 heterocycles. The molecule has 2 atom stereocenters. The van der Waals surface area contributed by atoms with E-state index in [1.807, 2.05) is 30.4 Å². The Hall–Kier alpha value is -3.64. The van der Waals surface area contributed by atoms with Crippen LogP contribution in [0.2, 0.25) is 0 Å². The molecule has 1 amide bonds. The molecule has 0 radical (unpaired) electrons. The van der Waals surface area contributed by atoms with Crippen LogP contribution in [-0.4, -0.2) is 56.7 Å². The quantitative estimate of drug-likeness (QED) is 0.562. The summed E-state index contributed by atoms with van der Waals surface area (Å²) in [5.41, 5.74) is 7.07. The first-order valence-electron chi connectivity index (χ1n) is 12.7. The van der Waals surface area contributed by atoms with Crippen LogP contribution in [0.4, 0.5) is 11.5 Å². The van der Waals surface area contributed by atoms with Crippen LogP contribution in [-0.2, 0) is 29.5 Å². The number of nitriles is 1. The highest BCUT2D eigenvalue weighted by molar-refractivity contribution is 5.79. The van der Waals surface area contributed by atoms with Crippen molar-refractivity contribution in [1.82, 2.24) is 24.5 Å². The Labute approximate surface area is 210 Å². The van der Waals surface area contributed by atoms with Crippen LogP contribution in [0.3, 0.4) is 0 Å². The number of anilines is 2. The van der Waals surface area contributed by atoms with Crippen molar-refractivity contribution in [2.45, 2.75) is 51.6 Å². The van der Waals surface area contributed by atoms with E-state index in [0.717, 1.165) is 60.6 Å². The summed E-state index contributed by atoms with van der Waals surface area (Å²) < 4.78 is 9.62. The number of nitrogens with zero attached hydrogens (tertiary/aromatic N) is 7. The van der Waals surface area contributed by atoms with Crippen molar-refractivity contribution >= 4 is 17.4 Å². The average Bonchev–Trinajstić information content (AvgIpc) is 3.63. The lowest BCUT2D eigenvalue weighted by molar-refractivity contribution is -0.129. The molecule has 36 heavy (non-hydrogen) atoms. The molecule has 9 nitrogen and oxygen atoms in total. The molecule has 6 rings (SSSR count). The highest BCUT2D eigenvalue weighted by Gasteiger charge is 2.35. The van der Waals surface area contributed by atoms with Gasteiger partial charge in [-0.25, -0.2) is 0 Å². The second-order valence-electron chi connectivity index (χ2n) is 10.2. The fraction of sp³-hybridized carbons (Fsp3) is 0.481. The number of carbonyl (C=O) groups excluding carboxylic acids is 1. The van der Waals surface area contributed by atoms with Crippen LogP contribution in [0.25, 0.3) is 11.1 Å². The zero-order chi connectivity index (χ0) is 25.0. The Morgan fingerprint density at radius 3 is 2.81 bits per heavy atom. The van der Waals surface area contributed by atoms with Gasteiger partial charge in [0, 0.05) is 74.4 Å². The maximum absolute atomic E-state index is 12.3. The number of amides is 1. The lowest BCUT2D eigenvalue weighted by Gasteiger charge is -2.35. The Balaban J connectivity index is 1.49. The van der Waals surface area contributed by atoms with E-state index in [1.54, 1.807) is 11.6 Å². The van der Waals surface area contributed by atoms with Gasteiger partial charge < -0.3 is 14.5 Å². The standard InChI is InChI=1S/C27H31N7O2/c1-17-4-8-33(26-10-19(12-28)23(11-22(17)26)20-13-29-31(3)14-20)27-24-15-32(18(2)35)7-5-25(24)34(30-27)21-6-9-36-16-21/h10-11,13-14,17,21H,4-9,15-16H2,1-3H3/t17-,21-/m0/s1. The first kappa shape index (κ1) is 22.8. The fourth-order valence-corrected chi connectivity index (χ4v) is 5.87. The van der Waals surface area contributed by atoms with Gasteiger partial charge in [-0.15, -0.1) is 0 Å². The highest BCUT2D eigenvalue weighted by Crippen LogP contribution is 2.44. The number of benzene rings is 1. The molecule has 0 N–H and O–H groups in total. The number of hydrogen-bond donors (Lipinski definition) is 0. The van der Waals surface area contributed by atoms with Crippen molar-refractivity contribution in [2.75, 3.05) is 31.2 Å². The maximum Gasteiger partial charge on any atom is 0.219 e. The Morgan fingerprint density at radius 2 is 2.11 bits per heavy atom. The minimum atomic E-state index is 0.0871. The van der Waals surface area contributed by atoms with Gasteiger partial charge in [-0.1, -0.05) is 6.92 Å². The van der Waals surface area contributed by atoms with E-state index in [-0.39, 0.29) is 11.9 Å². The summed E-state index contributed by atoms with van der Waals surface area (Å²) in [6.45, 7) is 7.39. The van der Waals surface area contributed by atoms with Crippen LogP contribution in [0.5, 0.6) is 0 Å². The molecule has 1 aromatic carbocycles. The molecular weight excluding hydrogens is 454 g/mol. The first-order valence-corrected chi connectivity index (χ1v) is 12.7. The normalized spacial score (nSPS) is 21.3. The first-order chi connectivity index (χ1) is 17.4. The average molecular weight is 486 g/mol. The fourth-order valence-electron chi connectivity index (χ4n) is 5.87. The zero-order valence-electron chi connectivity index (χ0n) is 21.1. The number of ether oxygens (including phenoxy) is 1. The van der Waals surface area contributed by atoms with Crippen molar-refractivity contribution in [2.24, 2.45) is 7.05 Å². The molecule has 2 aromatic heterocycles. The van der Waals surface area contributed by atoms with Gasteiger partial charge in [-0.3, -0.25) is 14.2 Å². The third-order valence-corrected chi connectivity index (χ3v) is 7.93. The molecule has 0 spiro atoms. The van der Waals surface area contributed by atoms with Gasteiger partial charge in [0.2, 0.25) is 5.91 Å². The highest BCUT2D eigenvalue weighted by atomic mass is 16.5. The van der Waals surface area contributed by atoms with Gasteiger partial charge in [0.25, 0.3) is 0 Å². The molecule has 0 aliphatic carbocycles. The van der Waals surface area contributed by atoms with Crippen LogP contribution < -0.4 is 4.90 Å². The summed E-state index contributed by atoms with van der Waals surface area (Å²) in [6, 6.07) is 6.82. The van der Waals surface area contributed by atoms with Crippen LogP contribution in [0.1, 0.15) is 61.0 Å². The lowest BCUT2D eigenvalue weighted by atomic mass is 9.87. The molecule has 0 bridgehead atoms. The smallest absolute Gasteiger partial charge is 0.219 e. The molecule has 0 saturated carbocycles. The molecule has 0 unspecified atom stereocenters. The number of fused-ring (bicyclic) bond motifs is 2. The molecule has 1 saturated heterocycles. The summed E-state index contributed by atoms with van der Waals surface area (Å²) in [5, 5.41) is 19.6. The van der Waals surface area contributed by atoms with Crippen LogP contribution in [0, 0.1) is 11.3 Å². The van der Waals surface area contributed by atoms with E-state index in [9.17, 15) is 10.1 Å².